The van der Waals surface area contributed by atoms with E-state index in [9.17, 15) is 4.79 Å². The summed E-state index contributed by atoms with van der Waals surface area (Å²) in [6.07, 6.45) is 0. The average molecular weight is 327 g/mol. The molecule has 3 rings (SSSR count). The first-order valence-corrected chi connectivity index (χ1v) is 8.29. The smallest absolute Gasteiger partial charge is 0.245 e. The number of fused-ring (bicyclic) bond motifs is 1. The Morgan fingerprint density at radius 2 is 1.96 bits per heavy atom. The zero-order valence-electron chi connectivity index (χ0n) is 14.8. The van der Waals surface area contributed by atoms with Gasteiger partial charge in [-0.1, -0.05) is 19.1 Å². The van der Waals surface area contributed by atoms with Gasteiger partial charge >= 0.3 is 0 Å². The van der Waals surface area contributed by atoms with Crippen LogP contribution in [-0.4, -0.2) is 42.4 Å². The Morgan fingerprint density at radius 3 is 2.62 bits per heavy atom. The maximum atomic E-state index is 12.5. The van der Waals surface area contributed by atoms with Crippen LogP contribution in [0.3, 0.4) is 0 Å². The maximum Gasteiger partial charge on any atom is 0.245 e. The molecule has 24 heavy (non-hydrogen) atoms. The van der Waals surface area contributed by atoms with Gasteiger partial charge in [-0.15, -0.1) is 0 Å². The van der Waals surface area contributed by atoms with Crippen LogP contribution >= 0.6 is 0 Å². The van der Waals surface area contributed by atoms with Crippen molar-refractivity contribution in [1.82, 2.24) is 9.78 Å². The van der Waals surface area contributed by atoms with Crippen LogP contribution in [0.4, 0.5) is 17.2 Å². The predicted octanol–water partition coefficient (Wildman–Crippen LogP) is 2.26. The molecule has 1 atom stereocenters. The van der Waals surface area contributed by atoms with Crippen LogP contribution in [0.15, 0.2) is 30.3 Å². The standard InChI is InChI=1S/C18H25N5O/c1-13-10-21(3)15-7-5-6-8-16(15)23(11-13)12-18(24)19-17-9-14(2)20-22(17)4/h5-9,13H,10-12H2,1-4H3,(H,19,24). The molecule has 0 saturated carbocycles. The minimum absolute atomic E-state index is 0.0236. The molecule has 6 heteroatoms. The number of benzene rings is 1. The van der Waals surface area contributed by atoms with Crippen molar-refractivity contribution >= 4 is 23.1 Å². The summed E-state index contributed by atoms with van der Waals surface area (Å²) in [5, 5.41) is 7.23. The fraction of sp³-hybridized carbons (Fsp3) is 0.444. The van der Waals surface area contributed by atoms with Gasteiger partial charge in [0.2, 0.25) is 5.91 Å². The third-order valence-corrected chi connectivity index (χ3v) is 4.36. The number of hydrogen-bond acceptors (Lipinski definition) is 4. The summed E-state index contributed by atoms with van der Waals surface area (Å²) in [4.78, 5) is 17.0. The second-order valence-electron chi connectivity index (χ2n) is 6.70. The molecule has 1 N–H and O–H groups in total. The van der Waals surface area contributed by atoms with Crippen LogP contribution in [0.1, 0.15) is 12.6 Å². The first-order valence-electron chi connectivity index (χ1n) is 8.29. The van der Waals surface area contributed by atoms with Crippen molar-refractivity contribution in [2.45, 2.75) is 13.8 Å². The molecule has 1 aliphatic rings. The monoisotopic (exact) mass is 327 g/mol. The molecular weight excluding hydrogens is 302 g/mol. The van der Waals surface area contributed by atoms with Crippen molar-refractivity contribution in [3.63, 3.8) is 0 Å². The van der Waals surface area contributed by atoms with Gasteiger partial charge in [0, 0.05) is 33.3 Å². The van der Waals surface area contributed by atoms with E-state index < -0.39 is 0 Å². The van der Waals surface area contributed by atoms with Crippen molar-refractivity contribution in [3.05, 3.63) is 36.0 Å². The van der Waals surface area contributed by atoms with E-state index in [1.165, 1.54) is 5.69 Å². The van der Waals surface area contributed by atoms with Gasteiger partial charge in [0.05, 0.1) is 23.6 Å². The highest BCUT2D eigenvalue weighted by Crippen LogP contribution is 2.32. The maximum absolute atomic E-state index is 12.5. The highest BCUT2D eigenvalue weighted by molar-refractivity contribution is 5.94. The molecule has 0 radical (unpaired) electrons. The van der Waals surface area contributed by atoms with Crippen LogP contribution in [0, 0.1) is 12.8 Å². The van der Waals surface area contributed by atoms with Gasteiger partial charge in [0.15, 0.2) is 0 Å². The number of aryl methyl sites for hydroxylation is 2. The highest BCUT2D eigenvalue weighted by Gasteiger charge is 2.23. The molecular formula is C18H25N5O. The van der Waals surface area contributed by atoms with Crippen LogP contribution < -0.4 is 15.1 Å². The summed E-state index contributed by atoms with van der Waals surface area (Å²) in [6.45, 7) is 6.31. The van der Waals surface area contributed by atoms with E-state index in [2.05, 4.69) is 46.3 Å². The summed E-state index contributed by atoms with van der Waals surface area (Å²) in [7, 11) is 3.94. The van der Waals surface area contributed by atoms with E-state index in [0.29, 0.717) is 12.5 Å². The number of aromatic nitrogens is 2. The van der Waals surface area contributed by atoms with Crippen molar-refractivity contribution in [3.8, 4) is 0 Å². The minimum Gasteiger partial charge on any atom is -0.373 e. The molecule has 0 bridgehead atoms. The normalized spacial score (nSPS) is 17.4. The van der Waals surface area contributed by atoms with Crippen molar-refractivity contribution in [1.29, 1.82) is 0 Å². The molecule has 0 fully saturated rings. The Balaban J connectivity index is 1.79. The lowest BCUT2D eigenvalue weighted by atomic mass is 10.1. The minimum atomic E-state index is -0.0236. The van der Waals surface area contributed by atoms with E-state index in [-0.39, 0.29) is 5.91 Å². The first kappa shape index (κ1) is 16.4. The quantitative estimate of drug-likeness (QED) is 0.939. The van der Waals surface area contributed by atoms with E-state index in [4.69, 9.17) is 0 Å². The van der Waals surface area contributed by atoms with E-state index in [1.54, 1.807) is 4.68 Å². The Hall–Kier alpha value is -2.50. The molecule has 1 unspecified atom stereocenters. The molecule has 0 aliphatic carbocycles. The van der Waals surface area contributed by atoms with Gasteiger partial charge in [0.25, 0.3) is 0 Å². The average Bonchev–Trinajstić information content (AvgIpc) is 2.77. The Kier molecular flexibility index (Phi) is 4.46. The number of rotatable bonds is 3. The Morgan fingerprint density at radius 1 is 1.25 bits per heavy atom. The van der Waals surface area contributed by atoms with E-state index in [1.807, 2.05) is 32.2 Å². The number of nitrogens with one attached hydrogen (secondary N) is 1. The van der Waals surface area contributed by atoms with Crippen molar-refractivity contribution < 1.29 is 4.79 Å². The summed E-state index contributed by atoms with van der Waals surface area (Å²) >= 11 is 0. The van der Waals surface area contributed by atoms with E-state index in [0.717, 1.165) is 30.3 Å². The molecule has 2 aromatic rings. The van der Waals surface area contributed by atoms with Crippen LogP contribution in [-0.2, 0) is 11.8 Å². The van der Waals surface area contributed by atoms with Gasteiger partial charge in [-0.05, 0) is 25.0 Å². The third-order valence-electron chi connectivity index (χ3n) is 4.36. The number of hydrogen-bond donors (Lipinski definition) is 1. The number of nitrogens with zero attached hydrogens (tertiary/aromatic N) is 4. The lowest BCUT2D eigenvalue weighted by Crippen LogP contribution is -2.36. The lowest BCUT2D eigenvalue weighted by molar-refractivity contribution is -0.115. The fourth-order valence-electron chi connectivity index (χ4n) is 3.39. The van der Waals surface area contributed by atoms with Gasteiger partial charge in [0.1, 0.15) is 5.82 Å². The first-order chi connectivity index (χ1) is 11.4. The summed E-state index contributed by atoms with van der Waals surface area (Å²) < 4.78 is 1.69. The summed E-state index contributed by atoms with van der Waals surface area (Å²) in [5.74, 6) is 1.18. The van der Waals surface area contributed by atoms with Crippen LogP contribution in [0.5, 0.6) is 0 Å². The zero-order valence-corrected chi connectivity index (χ0v) is 14.8. The van der Waals surface area contributed by atoms with Gasteiger partial charge in [-0.25, -0.2) is 0 Å². The number of para-hydroxylation sites is 2. The number of carbonyl (C=O) groups excluding carboxylic acids is 1. The summed E-state index contributed by atoms with van der Waals surface area (Å²) in [5.41, 5.74) is 3.18. The molecule has 1 aromatic carbocycles. The summed E-state index contributed by atoms with van der Waals surface area (Å²) in [6, 6.07) is 10.2. The van der Waals surface area contributed by atoms with Crippen molar-refractivity contribution in [2.75, 3.05) is 41.8 Å². The Bertz CT molecular complexity index is 739. The zero-order chi connectivity index (χ0) is 17.3. The third kappa shape index (κ3) is 3.37. The largest absolute Gasteiger partial charge is 0.373 e. The second kappa shape index (κ2) is 6.55. The number of anilines is 3. The molecule has 6 nitrogen and oxygen atoms in total. The molecule has 128 valence electrons. The predicted molar refractivity (Wildman–Crippen MR) is 97.7 cm³/mol. The van der Waals surface area contributed by atoms with Gasteiger partial charge in [-0.3, -0.25) is 9.48 Å². The topological polar surface area (TPSA) is 53.4 Å². The molecule has 0 saturated heterocycles. The molecule has 1 aliphatic heterocycles. The van der Waals surface area contributed by atoms with Crippen LogP contribution in [0.25, 0.3) is 0 Å². The SMILES string of the molecule is Cc1cc(NC(=O)CN2CC(C)CN(C)c3ccccc32)n(C)n1. The number of carbonyl (C=O) groups is 1. The Labute approximate surface area is 143 Å². The molecule has 1 aromatic heterocycles. The molecule has 0 spiro atoms. The van der Waals surface area contributed by atoms with Gasteiger partial charge in [-0.2, -0.15) is 5.10 Å². The van der Waals surface area contributed by atoms with Crippen LogP contribution in [0.2, 0.25) is 0 Å². The van der Waals surface area contributed by atoms with E-state index >= 15 is 0 Å². The lowest BCUT2D eigenvalue weighted by Gasteiger charge is -2.25. The molecule has 1 amide bonds. The highest BCUT2D eigenvalue weighted by atomic mass is 16.2. The second-order valence-corrected chi connectivity index (χ2v) is 6.70. The van der Waals surface area contributed by atoms with Gasteiger partial charge < -0.3 is 15.1 Å². The number of amides is 1. The van der Waals surface area contributed by atoms with Crippen molar-refractivity contribution in [2.24, 2.45) is 13.0 Å². The molecule has 2 heterocycles. The fourth-order valence-corrected chi connectivity index (χ4v) is 3.39.